The second-order valence-corrected chi connectivity index (χ2v) is 17.3. The standard InChI is InChI=1S/C54H47N3/c1-53(2,3)42-31-44-45-32-43(54(4,5)6)34-47(52(45)57-51(44)46(33-42)49-28-39(25-26-55-49)36-19-12-8-13-20-36)50-30-41(37-21-14-9-15-22-37)29-48(56-50)40-24-16-23-38(27-40)35-17-10-7-11-18-35/h7-34,57H,1-6H3. The summed E-state index contributed by atoms with van der Waals surface area (Å²) in [5.74, 6) is 0. The number of aromatic amines is 1. The highest BCUT2D eigenvalue weighted by Gasteiger charge is 2.24. The van der Waals surface area contributed by atoms with Gasteiger partial charge in [0.1, 0.15) is 0 Å². The highest BCUT2D eigenvalue weighted by Crippen LogP contribution is 2.43. The number of nitrogens with one attached hydrogen (secondary N) is 1. The Morgan fingerprint density at radius 3 is 1.35 bits per heavy atom. The largest absolute Gasteiger partial charge is 0.353 e. The van der Waals surface area contributed by atoms with Crippen molar-refractivity contribution in [1.29, 1.82) is 0 Å². The summed E-state index contributed by atoms with van der Waals surface area (Å²) in [4.78, 5) is 14.5. The van der Waals surface area contributed by atoms with E-state index in [-0.39, 0.29) is 10.8 Å². The molecule has 278 valence electrons. The van der Waals surface area contributed by atoms with Gasteiger partial charge >= 0.3 is 0 Å². The van der Waals surface area contributed by atoms with Gasteiger partial charge in [0.05, 0.1) is 28.1 Å². The molecule has 0 aliphatic carbocycles. The maximum absolute atomic E-state index is 5.53. The molecule has 3 nitrogen and oxygen atoms in total. The maximum Gasteiger partial charge on any atom is 0.0736 e. The molecule has 9 rings (SSSR count). The van der Waals surface area contributed by atoms with Gasteiger partial charge in [-0.1, -0.05) is 151 Å². The Labute approximate surface area is 336 Å². The minimum atomic E-state index is -0.105. The fraction of sp³-hybridized carbons (Fsp3) is 0.148. The number of nitrogens with zero attached hydrogens (tertiary/aromatic N) is 2. The van der Waals surface area contributed by atoms with Crippen molar-refractivity contribution in [3.05, 3.63) is 181 Å². The van der Waals surface area contributed by atoms with Gasteiger partial charge < -0.3 is 4.98 Å². The molecule has 0 bridgehead atoms. The summed E-state index contributed by atoms with van der Waals surface area (Å²) in [7, 11) is 0. The van der Waals surface area contributed by atoms with Gasteiger partial charge in [-0.2, -0.15) is 0 Å². The number of pyridine rings is 2. The van der Waals surface area contributed by atoms with E-state index in [1.54, 1.807) is 0 Å². The lowest BCUT2D eigenvalue weighted by atomic mass is 9.83. The summed E-state index contributed by atoms with van der Waals surface area (Å²) < 4.78 is 0. The number of fused-ring (bicyclic) bond motifs is 3. The summed E-state index contributed by atoms with van der Waals surface area (Å²) in [6.07, 6.45) is 1.94. The predicted molar refractivity (Wildman–Crippen MR) is 241 cm³/mol. The number of hydrogen-bond acceptors (Lipinski definition) is 2. The highest BCUT2D eigenvalue weighted by atomic mass is 14.8. The summed E-state index contributed by atoms with van der Waals surface area (Å²) in [5, 5.41) is 2.39. The van der Waals surface area contributed by atoms with Crippen LogP contribution in [0.4, 0.5) is 0 Å². The van der Waals surface area contributed by atoms with Crippen LogP contribution in [-0.2, 0) is 10.8 Å². The number of benzene rings is 6. The van der Waals surface area contributed by atoms with Crippen LogP contribution in [0.3, 0.4) is 0 Å². The van der Waals surface area contributed by atoms with Crippen molar-refractivity contribution in [3.8, 4) is 67.2 Å². The summed E-state index contributed by atoms with van der Waals surface area (Å²) >= 11 is 0. The van der Waals surface area contributed by atoms with Crippen LogP contribution in [0, 0.1) is 0 Å². The van der Waals surface area contributed by atoms with E-state index in [1.165, 1.54) is 38.6 Å². The molecule has 0 aliphatic heterocycles. The number of hydrogen-bond donors (Lipinski definition) is 1. The van der Waals surface area contributed by atoms with Crippen molar-refractivity contribution in [2.75, 3.05) is 0 Å². The Balaban J connectivity index is 1.32. The summed E-state index contributed by atoms with van der Waals surface area (Å²) in [6.45, 7) is 13.8. The van der Waals surface area contributed by atoms with Crippen LogP contribution in [0.15, 0.2) is 170 Å². The topological polar surface area (TPSA) is 41.6 Å². The van der Waals surface area contributed by atoms with Gasteiger partial charge in [0.15, 0.2) is 0 Å². The lowest BCUT2D eigenvalue weighted by molar-refractivity contribution is 0.590. The SMILES string of the molecule is CC(C)(C)c1cc(-c2cc(-c3ccccc3)ccn2)c2[nH]c3c(-c4cc(-c5ccccc5)cc(-c5cccc(-c6ccccc6)c5)n4)cc(C(C)(C)C)cc3c2c1. The molecule has 6 aromatic carbocycles. The summed E-state index contributed by atoms with van der Waals surface area (Å²) in [5.41, 5.74) is 17.5. The zero-order valence-electron chi connectivity index (χ0n) is 33.6. The zero-order valence-corrected chi connectivity index (χ0v) is 33.6. The van der Waals surface area contributed by atoms with Gasteiger partial charge in [-0.3, -0.25) is 4.98 Å². The molecule has 0 saturated carbocycles. The molecule has 0 spiro atoms. The minimum absolute atomic E-state index is 0.0806. The molecule has 0 aliphatic rings. The van der Waals surface area contributed by atoms with E-state index in [2.05, 4.69) is 210 Å². The molecular weight excluding hydrogens is 691 g/mol. The van der Waals surface area contributed by atoms with E-state index in [0.29, 0.717) is 0 Å². The lowest BCUT2D eigenvalue weighted by Crippen LogP contribution is -2.11. The van der Waals surface area contributed by atoms with Crippen molar-refractivity contribution >= 4 is 21.8 Å². The zero-order chi connectivity index (χ0) is 39.3. The van der Waals surface area contributed by atoms with Crippen LogP contribution in [0.1, 0.15) is 52.7 Å². The van der Waals surface area contributed by atoms with Crippen molar-refractivity contribution in [2.24, 2.45) is 0 Å². The molecule has 0 amide bonds. The molecule has 0 fully saturated rings. The molecule has 1 N–H and O–H groups in total. The van der Waals surface area contributed by atoms with E-state index in [1.807, 2.05) is 6.20 Å². The van der Waals surface area contributed by atoms with Gasteiger partial charge in [0.25, 0.3) is 0 Å². The average Bonchev–Trinajstić information content (AvgIpc) is 3.62. The molecule has 0 unspecified atom stereocenters. The molecule has 3 aromatic heterocycles. The lowest BCUT2D eigenvalue weighted by Gasteiger charge is -2.22. The smallest absolute Gasteiger partial charge is 0.0736 e. The number of rotatable bonds is 6. The van der Waals surface area contributed by atoms with E-state index in [9.17, 15) is 0 Å². The van der Waals surface area contributed by atoms with Crippen molar-refractivity contribution < 1.29 is 0 Å². The normalized spacial score (nSPS) is 12.0. The molecule has 0 saturated heterocycles. The van der Waals surface area contributed by atoms with Crippen LogP contribution in [-0.4, -0.2) is 15.0 Å². The highest BCUT2D eigenvalue weighted by molar-refractivity contribution is 6.16. The second kappa shape index (κ2) is 14.2. The first kappa shape index (κ1) is 36.1. The van der Waals surface area contributed by atoms with Crippen LogP contribution in [0.2, 0.25) is 0 Å². The predicted octanol–water partition coefficient (Wildman–Crippen LogP) is 14.7. The van der Waals surface area contributed by atoms with Crippen molar-refractivity contribution in [1.82, 2.24) is 15.0 Å². The first-order chi connectivity index (χ1) is 27.5. The van der Waals surface area contributed by atoms with Crippen LogP contribution in [0.5, 0.6) is 0 Å². The van der Waals surface area contributed by atoms with Crippen LogP contribution in [0.25, 0.3) is 89.0 Å². The average molecular weight is 738 g/mol. The third-order valence-corrected chi connectivity index (χ3v) is 11.2. The van der Waals surface area contributed by atoms with Gasteiger partial charge in [-0.15, -0.1) is 0 Å². The van der Waals surface area contributed by atoms with E-state index < -0.39 is 0 Å². The quantitative estimate of drug-likeness (QED) is 0.185. The third kappa shape index (κ3) is 7.06. The Morgan fingerprint density at radius 1 is 0.368 bits per heavy atom. The third-order valence-electron chi connectivity index (χ3n) is 11.2. The van der Waals surface area contributed by atoms with Crippen LogP contribution < -0.4 is 0 Å². The van der Waals surface area contributed by atoms with Gasteiger partial charge in [0, 0.05) is 33.7 Å². The monoisotopic (exact) mass is 737 g/mol. The first-order valence-electron chi connectivity index (χ1n) is 19.9. The van der Waals surface area contributed by atoms with Crippen LogP contribution >= 0.6 is 0 Å². The van der Waals surface area contributed by atoms with Crippen molar-refractivity contribution in [3.63, 3.8) is 0 Å². The summed E-state index contributed by atoms with van der Waals surface area (Å²) in [6, 6.07) is 58.8. The van der Waals surface area contributed by atoms with Gasteiger partial charge in [0.2, 0.25) is 0 Å². The fourth-order valence-electron chi connectivity index (χ4n) is 7.86. The molecule has 3 heterocycles. The number of H-pyrrole nitrogens is 1. The Morgan fingerprint density at radius 2 is 0.807 bits per heavy atom. The van der Waals surface area contributed by atoms with Gasteiger partial charge in [-0.05, 0) is 110 Å². The molecule has 57 heavy (non-hydrogen) atoms. The Bertz CT molecular complexity index is 2890. The molecule has 9 aromatic rings. The molecule has 0 radical (unpaired) electrons. The van der Waals surface area contributed by atoms with Gasteiger partial charge in [-0.25, -0.2) is 4.98 Å². The first-order valence-corrected chi connectivity index (χ1v) is 19.9. The molecule has 0 atom stereocenters. The maximum atomic E-state index is 5.53. The fourth-order valence-corrected chi connectivity index (χ4v) is 7.86. The van der Waals surface area contributed by atoms with Crippen molar-refractivity contribution in [2.45, 2.75) is 52.4 Å². The molecular formula is C54H47N3. The van der Waals surface area contributed by atoms with E-state index in [4.69, 9.17) is 9.97 Å². The second-order valence-electron chi connectivity index (χ2n) is 17.3. The number of aromatic nitrogens is 3. The Kier molecular flexibility index (Phi) is 8.97. The van der Waals surface area contributed by atoms with E-state index in [0.717, 1.165) is 61.5 Å². The minimum Gasteiger partial charge on any atom is -0.353 e. The Hall–Kier alpha value is -6.58. The van der Waals surface area contributed by atoms with E-state index >= 15 is 0 Å². The molecule has 3 heteroatoms.